The SMILES string of the molecule is Cc1ccc(NCCOc2cc(C)ccc2C(C)C)cc1. The van der Waals surface area contributed by atoms with Gasteiger partial charge in [0.15, 0.2) is 0 Å². The summed E-state index contributed by atoms with van der Waals surface area (Å²) in [7, 11) is 0. The number of aryl methyl sites for hydroxylation is 2. The quantitative estimate of drug-likeness (QED) is 0.760. The third-order valence-corrected chi connectivity index (χ3v) is 3.53. The molecule has 0 spiro atoms. The van der Waals surface area contributed by atoms with Crippen molar-refractivity contribution in [3.63, 3.8) is 0 Å². The van der Waals surface area contributed by atoms with Crippen LogP contribution in [-0.2, 0) is 0 Å². The van der Waals surface area contributed by atoms with Gasteiger partial charge in [-0.05, 0) is 49.1 Å². The molecule has 0 bridgehead atoms. The molecule has 0 aliphatic heterocycles. The zero-order valence-corrected chi connectivity index (χ0v) is 13.4. The van der Waals surface area contributed by atoms with Crippen LogP contribution < -0.4 is 10.1 Å². The van der Waals surface area contributed by atoms with Crippen LogP contribution in [0.4, 0.5) is 5.69 Å². The van der Waals surface area contributed by atoms with E-state index in [0.717, 1.165) is 18.0 Å². The molecular formula is C19H25NO. The summed E-state index contributed by atoms with van der Waals surface area (Å²) in [5, 5.41) is 3.38. The number of hydrogen-bond acceptors (Lipinski definition) is 2. The highest BCUT2D eigenvalue weighted by Crippen LogP contribution is 2.27. The molecule has 0 radical (unpaired) electrons. The van der Waals surface area contributed by atoms with E-state index in [1.54, 1.807) is 0 Å². The van der Waals surface area contributed by atoms with Crippen LogP contribution in [0, 0.1) is 13.8 Å². The van der Waals surface area contributed by atoms with E-state index in [4.69, 9.17) is 4.74 Å². The minimum atomic E-state index is 0.477. The van der Waals surface area contributed by atoms with E-state index in [9.17, 15) is 0 Å². The van der Waals surface area contributed by atoms with E-state index < -0.39 is 0 Å². The molecule has 2 nitrogen and oxygen atoms in total. The third-order valence-electron chi connectivity index (χ3n) is 3.53. The van der Waals surface area contributed by atoms with Gasteiger partial charge in [-0.1, -0.05) is 43.7 Å². The van der Waals surface area contributed by atoms with Gasteiger partial charge in [0.05, 0.1) is 0 Å². The fraction of sp³-hybridized carbons (Fsp3) is 0.368. The lowest BCUT2D eigenvalue weighted by atomic mass is 10.0. The van der Waals surface area contributed by atoms with Crippen molar-refractivity contribution in [1.82, 2.24) is 0 Å². The number of nitrogens with one attached hydrogen (secondary N) is 1. The Labute approximate surface area is 128 Å². The van der Waals surface area contributed by atoms with Crippen LogP contribution >= 0.6 is 0 Å². The molecule has 0 fully saturated rings. The van der Waals surface area contributed by atoms with Crippen molar-refractivity contribution in [3.8, 4) is 5.75 Å². The lowest BCUT2D eigenvalue weighted by Crippen LogP contribution is -2.12. The van der Waals surface area contributed by atoms with E-state index in [1.807, 2.05) is 0 Å². The van der Waals surface area contributed by atoms with Gasteiger partial charge >= 0.3 is 0 Å². The average molecular weight is 283 g/mol. The third kappa shape index (κ3) is 4.52. The molecule has 0 amide bonds. The fourth-order valence-electron chi connectivity index (χ4n) is 2.27. The van der Waals surface area contributed by atoms with Gasteiger partial charge in [-0.25, -0.2) is 0 Å². The van der Waals surface area contributed by atoms with Crippen molar-refractivity contribution in [2.75, 3.05) is 18.5 Å². The van der Waals surface area contributed by atoms with E-state index >= 15 is 0 Å². The zero-order chi connectivity index (χ0) is 15.2. The standard InChI is InChI=1S/C19H25NO/c1-14(2)18-10-7-16(4)13-19(18)21-12-11-20-17-8-5-15(3)6-9-17/h5-10,13-14,20H,11-12H2,1-4H3. The van der Waals surface area contributed by atoms with Gasteiger partial charge in [0.25, 0.3) is 0 Å². The van der Waals surface area contributed by atoms with Crippen molar-refractivity contribution in [2.45, 2.75) is 33.6 Å². The van der Waals surface area contributed by atoms with Crippen molar-refractivity contribution in [3.05, 3.63) is 59.2 Å². The van der Waals surface area contributed by atoms with Crippen LogP contribution in [0.2, 0.25) is 0 Å². The molecule has 112 valence electrons. The second-order valence-corrected chi connectivity index (χ2v) is 5.84. The minimum Gasteiger partial charge on any atom is -0.491 e. The first-order valence-electron chi connectivity index (χ1n) is 7.60. The largest absolute Gasteiger partial charge is 0.491 e. The summed E-state index contributed by atoms with van der Waals surface area (Å²) in [6, 6.07) is 14.9. The maximum atomic E-state index is 5.96. The predicted octanol–water partition coefficient (Wildman–Crippen LogP) is 4.92. The average Bonchev–Trinajstić information content (AvgIpc) is 2.45. The molecule has 0 saturated carbocycles. The number of ether oxygens (including phenoxy) is 1. The number of rotatable bonds is 6. The summed E-state index contributed by atoms with van der Waals surface area (Å²) in [5.74, 6) is 1.49. The van der Waals surface area contributed by atoms with Crippen LogP contribution in [0.3, 0.4) is 0 Å². The highest BCUT2D eigenvalue weighted by atomic mass is 16.5. The molecule has 21 heavy (non-hydrogen) atoms. The molecule has 0 aromatic heterocycles. The number of benzene rings is 2. The Morgan fingerprint density at radius 1 is 0.952 bits per heavy atom. The number of anilines is 1. The summed E-state index contributed by atoms with van der Waals surface area (Å²) < 4.78 is 5.96. The first kappa shape index (κ1) is 15.4. The van der Waals surface area contributed by atoms with Crippen molar-refractivity contribution in [2.24, 2.45) is 0 Å². The van der Waals surface area contributed by atoms with Crippen molar-refractivity contribution < 1.29 is 4.74 Å². The molecule has 0 unspecified atom stereocenters. The van der Waals surface area contributed by atoms with E-state index in [2.05, 4.69) is 75.5 Å². The smallest absolute Gasteiger partial charge is 0.123 e. The van der Waals surface area contributed by atoms with Gasteiger partial charge in [0.2, 0.25) is 0 Å². The highest BCUT2D eigenvalue weighted by molar-refractivity contribution is 5.44. The van der Waals surface area contributed by atoms with Crippen molar-refractivity contribution >= 4 is 5.69 Å². The van der Waals surface area contributed by atoms with Gasteiger partial charge < -0.3 is 10.1 Å². The van der Waals surface area contributed by atoms with Gasteiger partial charge in [-0.2, -0.15) is 0 Å². The van der Waals surface area contributed by atoms with Gasteiger partial charge in [-0.15, -0.1) is 0 Å². The lowest BCUT2D eigenvalue weighted by molar-refractivity contribution is 0.328. The number of hydrogen-bond donors (Lipinski definition) is 1. The van der Waals surface area contributed by atoms with Crippen LogP contribution in [0.1, 0.15) is 36.5 Å². The molecule has 0 aliphatic carbocycles. The summed E-state index contributed by atoms with van der Waals surface area (Å²) in [5.41, 5.74) is 4.92. The maximum absolute atomic E-state index is 5.96. The van der Waals surface area contributed by atoms with E-state index in [0.29, 0.717) is 12.5 Å². The van der Waals surface area contributed by atoms with Crippen LogP contribution in [-0.4, -0.2) is 13.2 Å². The summed E-state index contributed by atoms with van der Waals surface area (Å²) in [4.78, 5) is 0. The Kier molecular flexibility index (Phi) is 5.26. The second kappa shape index (κ2) is 7.16. The van der Waals surface area contributed by atoms with Crippen LogP contribution in [0.5, 0.6) is 5.75 Å². The molecule has 2 rings (SSSR count). The molecule has 2 aromatic rings. The maximum Gasteiger partial charge on any atom is 0.123 e. The van der Waals surface area contributed by atoms with Crippen LogP contribution in [0.25, 0.3) is 0 Å². The molecular weight excluding hydrogens is 258 g/mol. The topological polar surface area (TPSA) is 21.3 Å². The predicted molar refractivity (Wildman–Crippen MR) is 90.4 cm³/mol. The Balaban J connectivity index is 1.88. The zero-order valence-electron chi connectivity index (χ0n) is 13.4. The van der Waals surface area contributed by atoms with Crippen LogP contribution in [0.15, 0.2) is 42.5 Å². The van der Waals surface area contributed by atoms with Gasteiger partial charge in [0.1, 0.15) is 12.4 Å². The highest BCUT2D eigenvalue weighted by Gasteiger charge is 2.07. The van der Waals surface area contributed by atoms with Crippen molar-refractivity contribution in [1.29, 1.82) is 0 Å². The van der Waals surface area contributed by atoms with E-state index in [-0.39, 0.29) is 0 Å². The summed E-state index contributed by atoms with van der Waals surface area (Å²) >= 11 is 0. The van der Waals surface area contributed by atoms with Gasteiger partial charge in [-0.3, -0.25) is 0 Å². The molecule has 1 N–H and O–H groups in total. The summed E-state index contributed by atoms with van der Waals surface area (Å²) in [6.45, 7) is 10.1. The first-order valence-corrected chi connectivity index (χ1v) is 7.60. The molecule has 0 heterocycles. The Bertz CT molecular complexity index is 573. The molecule has 2 heteroatoms. The molecule has 0 saturated heterocycles. The summed E-state index contributed by atoms with van der Waals surface area (Å²) in [6.07, 6.45) is 0. The lowest BCUT2D eigenvalue weighted by Gasteiger charge is -2.15. The first-order chi connectivity index (χ1) is 10.1. The Hall–Kier alpha value is -1.96. The Morgan fingerprint density at radius 3 is 2.29 bits per heavy atom. The monoisotopic (exact) mass is 283 g/mol. The second-order valence-electron chi connectivity index (χ2n) is 5.84. The van der Waals surface area contributed by atoms with Gasteiger partial charge in [0, 0.05) is 12.2 Å². The minimum absolute atomic E-state index is 0.477. The fourth-order valence-corrected chi connectivity index (χ4v) is 2.27. The Morgan fingerprint density at radius 2 is 1.62 bits per heavy atom. The molecule has 0 atom stereocenters. The van der Waals surface area contributed by atoms with E-state index in [1.165, 1.54) is 16.7 Å². The molecule has 0 aliphatic rings. The normalized spacial score (nSPS) is 10.7. The molecule has 2 aromatic carbocycles.